The maximum atomic E-state index is 9.02. The first-order valence-electron chi connectivity index (χ1n) is 6.21. The molecule has 0 aromatic heterocycles. The van der Waals surface area contributed by atoms with Crippen molar-refractivity contribution in [2.45, 2.75) is 40.0 Å². The predicted molar refractivity (Wildman–Crippen MR) is 75.0 cm³/mol. The van der Waals surface area contributed by atoms with Gasteiger partial charge in [0, 0.05) is 19.3 Å². The Labute approximate surface area is 105 Å². The highest BCUT2D eigenvalue weighted by atomic mass is 16.3. The lowest BCUT2D eigenvalue weighted by atomic mass is 9.84. The third-order valence-corrected chi connectivity index (χ3v) is 3.17. The lowest BCUT2D eigenvalue weighted by molar-refractivity contribution is 0.304. The van der Waals surface area contributed by atoms with E-state index in [9.17, 15) is 0 Å². The zero-order chi connectivity index (χ0) is 13.2. The van der Waals surface area contributed by atoms with Crippen LogP contribution in [0.3, 0.4) is 0 Å². The van der Waals surface area contributed by atoms with Crippen LogP contribution in [-0.4, -0.2) is 25.3 Å². The van der Waals surface area contributed by atoms with Gasteiger partial charge in [0.25, 0.3) is 0 Å². The minimum Gasteiger partial charge on any atom is -0.395 e. The molecule has 2 nitrogen and oxygen atoms in total. The quantitative estimate of drug-likeness (QED) is 0.870. The molecule has 0 aliphatic heterocycles. The molecule has 0 saturated heterocycles. The van der Waals surface area contributed by atoms with Gasteiger partial charge in [0.15, 0.2) is 0 Å². The number of rotatable bonds is 3. The van der Waals surface area contributed by atoms with Gasteiger partial charge in [-0.2, -0.15) is 0 Å². The van der Waals surface area contributed by atoms with Gasteiger partial charge in [-0.15, -0.1) is 0 Å². The summed E-state index contributed by atoms with van der Waals surface area (Å²) in [6, 6.07) is 4.52. The summed E-state index contributed by atoms with van der Waals surface area (Å²) in [5.74, 6) is 0. The Kier molecular flexibility index (Phi) is 4.21. The number of hydrogen-bond acceptors (Lipinski definition) is 2. The van der Waals surface area contributed by atoms with Gasteiger partial charge in [-0.3, -0.25) is 0 Å². The monoisotopic (exact) mass is 235 g/mol. The Morgan fingerprint density at radius 3 is 1.94 bits per heavy atom. The molecule has 1 aromatic carbocycles. The Morgan fingerprint density at radius 1 is 1.12 bits per heavy atom. The first-order chi connectivity index (χ1) is 7.77. The van der Waals surface area contributed by atoms with Crippen LogP contribution in [0, 0.1) is 13.8 Å². The minimum atomic E-state index is 0.184. The number of nitrogens with zero attached hydrogens (tertiary/aromatic N) is 1. The van der Waals surface area contributed by atoms with Crippen LogP contribution in [-0.2, 0) is 5.41 Å². The number of likely N-dealkylation sites (N-methyl/N-ethyl adjacent to an activating group) is 1. The van der Waals surface area contributed by atoms with Crippen molar-refractivity contribution in [1.29, 1.82) is 0 Å². The molecule has 1 N–H and O–H groups in total. The van der Waals surface area contributed by atoms with Crippen molar-refractivity contribution in [3.05, 3.63) is 28.8 Å². The van der Waals surface area contributed by atoms with Gasteiger partial charge in [-0.05, 0) is 36.0 Å². The first kappa shape index (κ1) is 14.0. The van der Waals surface area contributed by atoms with Crippen molar-refractivity contribution < 1.29 is 5.11 Å². The third-order valence-electron chi connectivity index (χ3n) is 3.17. The van der Waals surface area contributed by atoms with Gasteiger partial charge in [-0.25, -0.2) is 0 Å². The van der Waals surface area contributed by atoms with Gasteiger partial charge in [-0.1, -0.05) is 32.9 Å². The molecule has 0 atom stereocenters. The van der Waals surface area contributed by atoms with E-state index in [-0.39, 0.29) is 12.0 Å². The molecule has 1 aromatic rings. The van der Waals surface area contributed by atoms with E-state index in [0.29, 0.717) is 6.54 Å². The van der Waals surface area contributed by atoms with Crippen LogP contribution in [0.25, 0.3) is 0 Å². The van der Waals surface area contributed by atoms with Crippen LogP contribution in [0.15, 0.2) is 12.1 Å². The summed E-state index contributed by atoms with van der Waals surface area (Å²) >= 11 is 0. The molecule has 0 aliphatic carbocycles. The Hall–Kier alpha value is -1.02. The van der Waals surface area contributed by atoms with E-state index in [0.717, 1.165) is 0 Å². The Morgan fingerprint density at radius 2 is 1.59 bits per heavy atom. The fraction of sp³-hybridized carbons (Fsp3) is 0.600. The Bertz CT molecular complexity index is 367. The highest BCUT2D eigenvalue weighted by Crippen LogP contribution is 2.31. The molecule has 1 rings (SSSR count). The van der Waals surface area contributed by atoms with Gasteiger partial charge in [0.1, 0.15) is 0 Å². The van der Waals surface area contributed by atoms with E-state index in [4.69, 9.17) is 5.11 Å². The molecule has 0 fully saturated rings. The van der Waals surface area contributed by atoms with E-state index in [1.165, 1.54) is 22.4 Å². The molecule has 0 spiro atoms. The summed E-state index contributed by atoms with van der Waals surface area (Å²) in [6.45, 7) is 11.9. The summed E-state index contributed by atoms with van der Waals surface area (Å²) < 4.78 is 0. The molecule has 0 heterocycles. The maximum absolute atomic E-state index is 9.02. The second-order valence-electron chi connectivity index (χ2n) is 5.85. The summed E-state index contributed by atoms with van der Waals surface area (Å²) in [7, 11) is 2.03. The van der Waals surface area contributed by atoms with Gasteiger partial charge in [0.2, 0.25) is 0 Å². The van der Waals surface area contributed by atoms with Crippen LogP contribution >= 0.6 is 0 Å². The number of aliphatic hydroxyl groups is 1. The van der Waals surface area contributed by atoms with Crippen LogP contribution in [0.5, 0.6) is 0 Å². The minimum absolute atomic E-state index is 0.184. The molecular formula is C15H25NO. The topological polar surface area (TPSA) is 23.5 Å². The van der Waals surface area contributed by atoms with Gasteiger partial charge < -0.3 is 10.0 Å². The molecule has 0 bridgehead atoms. The number of aliphatic hydroxyl groups excluding tert-OH is 1. The molecule has 0 aliphatic rings. The van der Waals surface area contributed by atoms with Crippen LogP contribution in [0.2, 0.25) is 0 Å². The lowest BCUT2D eigenvalue weighted by Crippen LogP contribution is -2.23. The zero-order valence-corrected chi connectivity index (χ0v) is 12.0. The van der Waals surface area contributed by atoms with Crippen molar-refractivity contribution in [3.63, 3.8) is 0 Å². The molecule has 0 amide bonds. The maximum Gasteiger partial charge on any atom is 0.0606 e. The molecule has 0 radical (unpaired) electrons. The lowest BCUT2D eigenvalue weighted by Gasteiger charge is -2.27. The molecule has 96 valence electrons. The largest absolute Gasteiger partial charge is 0.395 e. The predicted octanol–water partition coefficient (Wildman–Crippen LogP) is 3.03. The second kappa shape index (κ2) is 5.09. The molecule has 17 heavy (non-hydrogen) atoms. The van der Waals surface area contributed by atoms with Crippen LogP contribution in [0.4, 0.5) is 5.69 Å². The van der Waals surface area contributed by atoms with E-state index in [1.807, 2.05) is 7.05 Å². The van der Waals surface area contributed by atoms with Crippen molar-refractivity contribution in [2.75, 3.05) is 25.1 Å². The highest BCUT2D eigenvalue weighted by Gasteiger charge is 2.17. The molecular weight excluding hydrogens is 210 g/mol. The molecule has 0 saturated carbocycles. The average Bonchev–Trinajstić information content (AvgIpc) is 2.15. The Balaban J connectivity index is 3.20. The zero-order valence-electron chi connectivity index (χ0n) is 12.0. The number of anilines is 1. The van der Waals surface area contributed by atoms with Crippen LogP contribution < -0.4 is 4.90 Å². The average molecular weight is 235 g/mol. The van der Waals surface area contributed by atoms with Gasteiger partial charge >= 0.3 is 0 Å². The summed E-state index contributed by atoms with van der Waals surface area (Å²) in [5, 5.41) is 9.02. The van der Waals surface area contributed by atoms with Crippen molar-refractivity contribution >= 4 is 5.69 Å². The summed E-state index contributed by atoms with van der Waals surface area (Å²) in [5.41, 5.74) is 5.36. The normalized spacial score (nSPS) is 11.7. The SMILES string of the molecule is Cc1cc(C(C)(C)C)cc(C)c1N(C)CCO. The summed E-state index contributed by atoms with van der Waals surface area (Å²) in [6.07, 6.45) is 0. The van der Waals surface area contributed by atoms with E-state index >= 15 is 0 Å². The molecule has 2 heteroatoms. The van der Waals surface area contributed by atoms with Crippen molar-refractivity contribution in [2.24, 2.45) is 0 Å². The van der Waals surface area contributed by atoms with E-state index < -0.39 is 0 Å². The van der Waals surface area contributed by atoms with Crippen molar-refractivity contribution in [1.82, 2.24) is 0 Å². The number of hydrogen-bond donors (Lipinski definition) is 1. The van der Waals surface area contributed by atoms with E-state index in [2.05, 4.69) is 51.7 Å². The molecule has 0 unspecified atom stereocenters. The van der Waals surface area contributed by atoms with Crippen LogP contribution in [0.1, 0.15) is 37.5 Å². The fourth-order valence-electron chi connectivity index (χ4n) is 2.25. The van der Waals surface area contributed by atoms with Gasteiger partial charge in [0.05, 0.1) is 6.61 Å². The highest BCUT2D eigenvalue weighted by molar-refractivity contribution is 5.60. The third kappa shape index (κ3) is 3.22. The van der Waals surface area contributed by atoms with Crippen molar-refractivity contribution in [3.8, 4) is 0 Å². The fourth-order valence-corrected chi connectivity index (χ4v) is 2.25. The van der Waals surface area contributed by atoms with E-state index in [1.54, 1.807) is 0 Å². The summed E-state index contributed by atoms with van der Waals surface area (Å²) in [4.78, 5) is 2.12. The number of aryl methyl sites for hydroxylation is 2. The smallest absolute Gasteiger partial charge is 0.0606 e. The standard InChI is InChI=1S/C15H25NO/c1-11-9-13(15(3,4)5)10-12(2)14(11)16(6)7-8-17/h9-10,17H,7-8H2,1-6H3. The second-order valence-corrected chi connectivity index (χ2v) is 5.85. The number of benzene rings is 1. The first-order valence-corrected chi connectivity index (χ1v) is 6.21.